The molecule has 0 heterocycles. The molecular formula is C11H14F2N2O2S. The highest BCUT2D eigenvalue weighted by atomic mass is 32.2. The first-order valence-electron chi connectivity index (χ1n) is 5.13. The van der Waals surface area contributed by atoms with Gasteiger partial charge in [0, 0.05) is 17.7 Å². The van der Waals surface area contributed by atoms with Crippen molar-refractivity contribution in [1.29, 1.82) is 0 Å². The maximum absolute atomic E-state index is 12.2. The van der Waals surface area contributed by atoms with Crippen molar-refractivity contribution in [3.8, 4) is 0 Å². The number of benzene rings is 1. The predicted molar refractivity (Wildman–Crippen MR) is 66.8 cm³/mol. The van der Waals surface area contributed by atoms with Gasteiger partial charge in [-0.05, 0) is 18.2 Å². The van der Waals surface area contributed by atoms with Gasteiger partial charge in [-0.25, -0.2) is 0 Å². The summed E-state index contributed by atoms with van der Waals surface area (Å²) in [5.41, 5.74) is 5.96. The zero-order valence-electron chi connectivity index (χ0n) is 9.73. The highest BCUT2D eigenvalue weighted by Crippen LogP contribution is 2.27. The SMILES string of the molecule is COCC(N)C(=O)Nc1cccc(SC(F)F)c1. The molecule has 0 radical (unpaired) electrons. The summed E-state index contributed by atoms with van der Waals surface area (Å²) in [6, 6.07) is 5.41. The zero-order valence-corrected chi connectivity index (χ0v) is 10.5. The number of halogens is 2. The number of ether oxygens (including phenoxy) is 1. The van der Waals surface area contributed by atoms with Gasteiger partial charge in [-0.2, -0.15) is 8.78 Å². The monoisotopic (exact) mass is 276 g/mol. The van der Waals surface area contributed by atoms with Gasteiger partial charge in [-0.3, -0.25) is 4.79 Å². The van der Waals surface area contributed by atoms with E-state index in [4.69, 9.17) is 10.5 Å². The summed E-state index contributed by atoms with van der Waals surface area (Å²) in [4.78, 5) is 11.9. The largest absolute Gasteiger partial charge is 0.383 e. The molecule has 1 aromatic rings. The summed E-state index contributed by atoms with van der Waals surface area (Å²) in [5, 5.41) is 2.54. The fourth-order valence-corrected chi connectivity index (χ4v) is 1.80. The summed E-state index contributed by atoms with van der Waals surface area (Å²) in [5.74, 6) is -2.91. The summed E-state index contributed by atoms with van der Waals surface area (Å²) >= 11 is 0.418. The fraction of sp³-hybridized carbons (Fsp3) is 0.364. The van der Waals surface area contributed by atoms with Crippen molar-refractivity contribution >= 4 is 23.4 Å². The van der Waals surface area contributed by atoms with Crippen LogP contribution in [0.1, 0.15) is 0 Å². The molecule has 1 amide bonds. The van der Waals surface area contributed by atoms with E-state index in [2.05, 4.69) is 5.32 Å². The van der Waals surface area contributed by atoms with E-state index in [1.54, 1.807) is 18.2 Å². The Morgan fingerprint density at radius 1 is 1.56 bits per heavy atom. The first-order chi connectivity index (χ1) is 8.52. The Hall–Kier alpha value is -1.18. The molecule has 7 heteroatoms. The zero-order chi connectivity index (χ0) is 13.5. The average Bonchev–Trinajstić information content (AvgIpc) is 2.28. The lowest BCUT2D eigenvalue weighted by molar-refractivity contribution is -0.118. The number of hydrogen-bond donors (Lipinski definition) is 2. The molecule has 3 N–H and O–H groups in total. The maximum Gasteiger partial charge on any atom is 0.288 e. The number of alkyl halides is 2. The minimum atomic E-state index is -2.49. The van der Waals surface area contributed by atoms with Gasteiger partial charge in [0.05, 0.1) is 6.61 Å². The van der Waals surface area contributed by atoms with Crippen LogP contribution in [0.5, 0.6) is 0 Å². The van der Waals surface area contributed by atoms with Crippen LogP contribution in [-0.4, -0.2) is 31.4 Å². The number of anilines is 1. The second-order valence-electron chi connectivity index (χ2n) is 3.46. The molecule has 0 aliphatic heterocycles. The third-order valence-electron chi connectivity index (χ3n) is 2.01. The minimum Gasteiger partial charge on any atom is -0.383 e. The Morgan fingerprint density at radius 3 is 2.89 bits per heavy atom. The van der Waals surface area contributed by atoms with Crippen molar-refractivity contribution in [2.45, 2.75) is 16.7 Å². The molecule has 100 valence electrons. The van der Waals surface area contributed by atoms with E-state index >= 15 is 0 Å². The molecule has 0 aliphatic carbocycles. The van der Waals surface area contributed by atoms with E-state index in [1.165, 1.54) is 13.2 Å². The molecule has 0 saturated carbocycles. The van der Waals surface area contributed by atoms with Gasteiger partial charge < -0.3 is 15.8 Å². The number of carbonyl (C=O) groups excluding carboxylic acids is 1. The number of rotatable bonds is 6. The molecule has 1 rings (SSSR count). The third-order valence-corrected chi connectivity index (χ3v) is 2.71. The molecule has 0 bridgehead atoms. The average molecular weight is 276 g/mol. The third kappa shape index (κ3) is 4.99. The quantitative estimate of drug-likeness (QED) is 0.779. The normalized spacial score (nSPS) is 12.5. The summed E-state index contributed by atoms with van der Waals surface area (Å²) in [7, 11) is 1.44. The van der Waals surface area contributed by atoms with Crippen LogP contribution in [0.2, 0.25) is 0 Å². The Labute approximate surface area is 108 Å². The van der Waals surface area contributed by atoms with Gasteiger partial charge in [-0.15, -0.1) is 0 Å². The minimum absolute atomic E-state index is 0.0946. The lowest BCUT2D eigenvalue weighted by Gasteiger charge is -2.11. The molecule has 0 aromatic heterocycles. The van der Waals surface area contributed by atoms with Crippen molar-refractivity contribution in [2.75, 3.05) is 19.0 Å². The smallest absolute Gasteiger partial charge is 0.288 e. The van der Waals surface area contributed by atoms with Gasteiger partial charge in [-0.1, -0.05) is 17.8 Å². The van der Waals surface area contributed by atoms with Crippen LogP contribution in [0.25, 0.3) is 0 Å². The molecular weight excluding hydrogens is 262 g/mol. The molecule has 1 unspecified atom stereocenters. The number of amides is 1. The highest BCUT2D eigenvalue weighted by molar-refractivity contribution is 7.99. The lowest BCUT2D eigenvalue weighted by atomic mass is 10.2. The Kier molecular flexibility index (Phi) is 6.03. The number of nitrogens with one attached hydrogen (secondary N) is 1. The first kappa shape index (κ1) is 14.9. The number of hydrogen-bond acceptors (Lipinski definition) is 4. The number of carbonyl (C=O) groups is 1. The van der Waals surface area contributed by atoms with Crippen LogP contribution < -0.4 is 11.1 Å². The predicted octanol–water partition coefficient (Wildman–Crippen LogP) is 1.91. The van der Waals surface area contributed by atoms with Gasteiger partial charge in [0.1, 0.15) is 6.04 Å². The summed E-state index contributed by atoms with van der Waals surface area (Å²) in [6.45, 7) is 0.0946. The van der Waals surface area contributed by atoms with Crippen molar-refractivity contribution in [3.05, 3.63) is 24.3 Å². The van der Waals surface area contributed by atoms with Gasteiger partial charge in [0.25, 0.3) is 5.76 Å². The van der Waals surface area contributed by atoms with Crippen molar-refractivity contribution in [3.63, 3.8) is 0 Å². The molecule has 4 nitrogen and oxygen atoms in total. The molecule has 18 heavy (non-hydrogen) atoms. The second-order valence-corrected chi connectivity index (χ2v) is 4.52. The van der Waals surface area contributed by atoms with E-state index in [9.17, 15) is 13.6 Å². The van der Waals surface area contributed by atoms with E-state index in [0.29, 0.717) is 22.3 Å². The van der Waals surface area contributed by atoms with Gasteiger partial charge in [0.2, 0.25) is 5.91 Å². The van der Waals surface area contributed by atoms with E-state index < -0.39 is 17.7 Å². The summed E-state index contributed by atoms with van der Waals surface area (Å²) in [6.07, 6.45) is 0. The van der Waals surface area contributed by atoms with Crippen molar-refractivity contribution < 1.29 is 18.3 Å². The lowest BCUT2D eigenvalue weighted by Crippen LogP contribution is -2.39. The molecule has 1 atom stereocenters. The molecule has 0 aliphatic rings. The van der Waals surface area contributed by atoms with Crippen LogP contribution in [0, 0.1) is 0 Å². The standard InChI is InChI=1S/C11H14F2N2O2S/c1-17-6-9(14)10(16)15-7-3-2-4-8(5-7)18-11(12)13/h2-5,9,11H,6,14H2,1H3,(H,15,16). The van der Waals surface area contributed by atoms with E-state index in [0.717, 1.165) is 0 Å². The van der Waals surface area contributed by atoms with Crippen molar-refractivity contribution in [1.82, 2.24) is 0 Å². The maximum atomic E-state index is 12.2. The Balaban J connectivity index is 2.64. The second kappa shape index (κ2) is 7.30. The molecule has 0 fully saturated rings. The molecule has 0 saturated heterocycles. The van der Waals surface area contributed by atoms with Crippen molar-refractivity contribution in [2.24, 2.45) is 5.73 Å². The Bertz CT molecular complexity index is 404. The van der Waals surface area contributed by atoms with Gasteiger partial charge in [0.15, 0.2) is 0 Å². The first-order valence-corrected chi connectivity index (χ1v) is 6.01. The molecule has 0 spiro atoms. The number of nitrogens with two attached hydrogens (primary N) is 1. The molecule has 1 aromatic carbocycles. The summed E-state index contributed by atoms with van der Waals surface area (Å²) < 4.78 is 29.1. The van der Waals surface area contributed by atoms with Crippen LogP contribution >= 0.6 is 11.8 Å². The fourth-order valence-electron chi connectivity index (χ4n) is 1.24. The Morgan fingerprint density at radius 2 is 2.28 bits per heavy atom. The number of methoxy groups -OCH3 is 1. The van der Waals surface area contributed by atoms with Crippen LogP contribution in [0.15, 0.2) is 29.2 Å². The van der Waals surface area contributed by atoms with E-state index in [1.807, 2.05) is 0 Å². The highest BCUT2D eigenvalue weighted by Gasteiger charge is 2.13. The van der Waals surface area contributed by atoms with Crippen LogP contribution in [-0.2, 0) is 9.53 Å². The van der Waals surface area contributed by atoms with Crippen LogP contribution in [0.4, 0.5) is 14.5 Å². The number of thioether (sulfide) groups is 1. The van der Waals surface area contributed by atoms with Crippen LogP contribution in [0.3, 0.4) is 0 Å². The van der Waals surface area contributed by atoms with Gasteiger partial charge >= 0.3 is 0 Å². The topological polar surface area (TPSA) is 64.3 Å². The van der Waals surface area contributed by atoms with E-state index in [-0.39, 0.29) is 6.61 Å².